The maximum atomic E-state index is 5.47. The average Bonchev–Trinajstić information content (AvgIpc) is 2.33. The molecule has 0 saturated carbocycles. The zero-order valence-corrected chi connectivity index (χ0v) is 9.40. The number of nitrogens with two attached hydrogens (primary N) is 1. The van der Waals surface area contributed by atoms with Gasteiger partial charge in [0.15, 0.2) is 0 Å². The number of benzene rings is 2. The molecule has 0 aromatic heterocycles. The summed E-state index contributed by atoms with van der Waals surface area (Å²) in [5, 5.41) is 3.13. The van der Waals surface area contributed by atoms with Crippen LogP contribution in [0.1, 0.15) is 5.56 Å². The molecule has 0 unspecified atom stereocenters. The van der Waals surface area contributed by atoms with Gasteiger partial charge in [0.25, 0.3) is 0 Å². The van der Waals surface area contributed by atoms with Crippen LogP contribution in [0.4, 0.5) is 5.69 Å². The minimum atomic E-state index is 0.464. The fourth-order valence-corrected chi connectivity index (χ4v) is 1.78. The van der Waals surface area contributed by atoms with E-state index in [1.54, 1.807) is 0 Å². The van der Waals surface area contributed by atoms with Crippen molar-refractivity contribution in [3.05, 3.63) is 54.1 Å². The highest BCUT2D eigenvalue weighted by Gasteiger charge is 2.00. The van der Waals surface area contributed by atoms with E-state index in [1.807, 2.05) is 6.07 Å². The predicted molar refractivity (Wildman–Crippen MR) is 69.3 cm³/mol. The summed E-state index contributed by atoms with van der Waals surface area (Å²) in [6.07, 6.45) is 0. The maximum Gasteiger partial charge on any atom is 0.0628 e. The van der Waals surface area contributed by atoms with Crippen molar-refractivity contribution in [3.63, 3.8) is 0 Å². The van der Waals surface area contributed by atoms with E-state index >= 15 is 0 Å². The Labute approximate surface area is 96.1 Å². The lowest BCUT2D eigenvalue weighted by atomic mass is 10.0. The smallest absolute Gasteiger partial charge is 0.0628 e. The van der Waals surface area contributed by atoms with Gasteiger partial charge < -0.3 is 11.1 Å². The van der Waals surface area contributed by atoms with Crippen LogP contribution >= 0.6 is 0 Å². The second kappa shape index (κ2) is 4.81. The van der Waals surface area contributed by atoms with E-state index in [2.05, 4.69) is 54.7 Å². The van der Waals surface area contributed by atoms with Crippen LogP contribution in [0.2, 0.25) is 0 Å². The first-order chi connectivity index (χ1) is 7.81. The molecule has 0 spiro atoms. The van der Waals surface area contributed by atoms with Gasteiger partial charge in [-0.05, 0) is 35.7 Å². The van der Waals surface area contributed by atoms with E-state index in [9.17, 15) is 0 Å². The Morgan fingerprint density at radius 3 is 2.38 bits per heavy atom. The summed E-state index contributed by atoms with van der Waals surface area (Å²) in [5.74, 6) is 0. The van der Waals surface area contributed by atoms with Crippen molar-refractivity contribution in [3.8, 4) is 11.1 Å². The third-order valence-electron chi connectivity index (χ3n) is 2.63. The van der Waals surface area contributed by atoms with Gasteiger partial charge in [-0.3, -0.25) is 0 Å². The molecule has 16 heavy (non-hydrogen) atoms. The highest BCUT2D eigenvalue weighted by atomic mass is 15.0. The first kappa shape index (κ1) is 10.7. The molecule has 0 aliphatic carbocycles. The Balaban J connectivity index is 2.35. The molecule has 0 fully saturated rings. The van der Waals surface area contributed by atoms with Crippen LogP contribution in [0.15, 0.2) is 48.5 Å². The van der Waals surface area contributed by atoms with Gasteiger partial charge in [0.1, 0.15) is 0 Å². The van der Waals surface area contributed by atoms with Crippen molar-refractivity contribution >= 4 is 5.69 Å². The van der Waals surface area contributed by atoms with Gasteiger partial charge in [0.2, 0.25) is 0 Å². The molecule has 2 heteroatoms. The lowest BCUT2D eigenvalue weighted by Gasteiger charge is -2.09. The molecule has 0 radical (unpaired) electrons. The lowest BCUT2D eigenvalue weighted by Crippen LogP contribution is -2.11. The van der Waals surface area contributed by atoms with Crippen molar-refractivity contribution in [2.45, 2.75) is 6.92 Å². The third-order valence-corrected chi connectivity index (χ3v) is 2.63. The molecule has 2 nitrogen and oxygen atoms in total. The van der Waals surface area contributed by atoms with Crippen LogP contribution in [0.25, 0.3) is 11.1 Å². The van der Waals surface area contributed by atoms with Crippen molar-refractivity contribution in [1.82, 2.24) is 0 Å². The Morgan fingerprint density at radius 1 is 1.00 bits per heavy atom. The molecule has 3 N–H and O–H groups in total. The largest absolute Gasteiger partial charge is 0.372 e. The molecule has 2 aromatic rings. The molecule has 2 aromatic carbocycles. The molecule has 0 saturated heterocycles. The number of rotatable bonds is 3. The van der Waals surface area contributed by atoms with E-state index in [-0.39, 0.29) is 0 Å². The molecule has 82 valence electrons. The maximum absolute atomic E-state index is 5.47. The summed E-state index contributed by atoms with van der Waals surface area (Å²) in [5.41, 5.74) is 10.3. The normalized spacial score (nSPS) is 10.1. The zero-order valence-electron chi connectivity index (χ0n) is 9.40. The van der Waals surface area contributed by atoms with Crippen LogP contribution in [0.3, 0.4) is 0 Å². The van der Waals surface area contributed by atoms with Crippen LogP contribution in [0.5, 0.6) is 0 Å². The van der Waals surface area contributed by atoms with Gasteiger partial charge in [-0.2, -0.15) is 0 Å². The van der Waals surface area contributed by atoms with Crippen molar-refractivity contribution in [2.75, 3.05) is 12.0 Å². The van der Waals surface area contributed by atoms with Gasteiger partial charge in [-0.1, -0.05) is 36.4 Å². The average molecular weight is 212 g/mol. The van der Waals surface area contributed by atoms with Gasteiger partial charge in [0, 0.05) is 5.69 Å². The topological polar surface area (TPSA) is 38.0 Å². The van der Waals surface area contributed by atoms with Crippen LogP contribution in [-0.4, -0.2) is 6.67 Å². The quantitative estimate of drug-likeness (QED) is 0.767. The molecule has 0 bridgehead atoms. The van der Waals surface area contributed by atoms with E-state index in [1.165, 1.54) is 16.7 Å². The SMILES string of the molecule is Cc1cc(-c2ccccc2)ccc1NCN. The van der Waals surface area contributed by atoms with E-state index in [4.69, 9.17) is 5.73 Å². The van der Waals surface area contributed by atoms with Gasteiger partial charge >= 0.3 is 0 Å². The number of nitrogens with one attached hydrogen (secondary N) is 1. The molecular weight excluding hydrogens is 196 g/mol. The number of hydrogen-bond acceptors (Lipinski definition) is 2. The van der Waals surface area contributed by atoms with Gasteiger partial charge in [-0.25, -0.2) is 0 Å². The Morgan fingerprint density at radius 2 is 1.75 bits per heavy atom. The first-order valence-electron chi connectivity index (χ1n) is 5.41. The Bertz CT molecular complexity index is 463. The molecule has 0 aliphatic rings. The van der Waals surface area contributed by atoms with Gasteiger partial charge in [-0.15, -0.1) is 0 Å². The summed E-state index contributed by atoms with van der Waals surface area (Å²) in [6.45, 7) is 2.55. The summed E-state index contributed by atoms with van der Waals surface area (Å²) in [7, 11) is 0. The molecule has 0 aliphatic heterocycles. The van der Waals surface area contributed by atoms with Crippen molar-refractivity contribution < 1.29 is 0 Å². The van der Waals surface area contributed by atoms with Crippen LogP contribution in [0, 0.1) is 6.92 Å². The minimum absolute atomic E-state index is 0.464. The highest BCUT2D eigenvalue weighted by molar-refractivity contribution is 5.68. The fraction of sp³-hybridized carbons (Fsp3) is 0.143. The van der Waals surface area contributed by atoms with E-state index in [0.29, 0.717) is 6.67 Å². The number of aryl methyl sites for hydroxylation is 1. The third kappa shape index (κ3) is 2.23. The van der Waals surface area contributed by atoms with Crippen molar-refractivity contribution in [2.24, 2.45) is 5.73 Å². The second-order valence-corrected chi connectivity index (χ2v) is 3.78. The first-order valence-corrected chi connectivity index (χ1v) is 5.41. The Kier molecular flexibility index (Phi) is 3.22. The molecular formula is C14H16N2. The number of anilines is 1. The summed E-state index contributed by atoms with van der Waals surface area (Å²) in [4.78, 5) is 0. The van der Waals surface area contributed by atoms with E-state index in [0.717, 1.165) is 5.69 Å². The fourth-order valence-electron chi connectivity index (χ4n) is 1.78. The lowest BCUT2D eigenvalue weighted by molar-refractivity contribution is 1.14. The molecule has 2 rings (SSSR count). The Hall–Kier alpha value is -1.80. The van der Waals surface area contributed by atoms with E-state index < -0.39 is 0 Å². The molecule has 0 amide bonds. The zero-order chi connectivity index (χ0) is 11.4. The molecule has 0 atom stereocenters. The summed E-state index contributed by atoms with van der Waals surface area (Å²) >= 11 is 0. The van der Waals surface area contributed by atoms with Crippen LogP contribution < -0.4 is 11.1 Å². The summed E-state index contributed by atoms with van der Waals surface area (Å²) < 4.78 is 0. The predicted octanol–water partition coefficient (Wildman–Crippen LogP) is 2.99. The van der Waals surface area contributed by atoms with Gasteiger partial charge in [0.05, 0.1) is 6.67 Å². The van der Waals surface area contributed by atoms with Crippen molar-refractivity contribution in [1.29, 1.82) is 0 Å². The second-order valence-electron chi connectivity index (χ2n) is 3.78. The molecule has 0 heterocycles. The van der Waals surface area contributed by atoms with Crippen LogP contribution in [-0.2, 0) is 0 Å². The minimum Gasteiger partial charge on any atom is -0.372 e. The monoisotopic (exact) mass is 212 g/mol. The number of hydrogen-bond donors (Lipinski definition) is 2. The summed E-state index contributed by atoms with van der Waals surface area (Å²) in [6, 6.07) is 16.7. The highest BCUT2D eigenvalue weighted by Crippen LogP contribution is 2.24. The standard InChI is InChI=1S/C14H16N2/c1-11-9-13(7-8-14(11)16-10-15)12-5-3-2-4-6-12/h2-9,16H,10,15H2,1H3.